The fraction of sp³-hybridized carbons (Fsp3) is 0.500. The van der Waals surface area contributed by atoms with E-state index in [0.717, 1.165) is 32.5 Å². The van der Waals surface area contributed by atoms with Crippen molar-refractivity contribution >= 4 is 16.8 Å². The molecule has 0 unspecified atom stereocenters. The maximum atomic E-state index is 12.5. The van der Waals surface area contributed by atoms with E-state index < -0.39 is 18.0 Å². The summed E-state index contributed by atoms with van der Waals surface area (Å²) < 4.78 is 43.1. The SMILES string of the molecule is NC(=O)c1nn([C@H]2CN3CCC2CC3)c2ccc(OC(F)(F)F)cc12. The number of aromatic nitrogens is 2. The van der Waals surface area contributed by atoms with Gasteiger partial charge in [0, 0.05) is 11.9 Å². The van der Waals surface area contributed by atoms with Crippen molar-refractivity contribution in [1.29, 1.82) is 0 Å². The number of amides is 1. The van der Waals surface area contributed by atoms with Gasteiger partial charge in [0.05, 0.1) is 11.6 Å². The minimum Gasteiger partial charge on any atom is -0.406 e. The normalized spacial score (nSPS) is 26.1. The predicted octanol–water partition coefficient (Wildman–Crippen LogP) is 2.30. The number of fused-ring (bicyclic) bond motifs is 4. The molecule has 0 radical (unpaired) electrons. The number of nitrogens with two attached hydrogens (primary N) is 1. The molecule has 3 saturated heterocycles. The number of benzene rings is 1. The zero-order valence-electron chi connectivity index (χ0n) is 13.3. The van der Waals surface area contributed by atoms with Gasteiger partial charge in [-0.2, -0.15) is 5.10 Å². The van der Waals surface area contributed by atoms with Crippen LogP contribution in [0.25, 0.3) is 10.9 Å². The molecule has 3 aliphatic heterocycles. The van der Waals surface area contributed by atoms with Crippen LogP contribution in [0.2, 0.25) is 0 Å². The second kappa shape index (κ2) is 5.62. The number of carbonyl (C=O) groups is 1. The quantitative estimate of drug-likeness (QED) is 0.918. The van der Waals surface area contributed by atoms with E-state index in [-0.39, 0.29) is 17.1 Å². The van der Waals surface area contributed by atoms with E-state index in [2.05, 4.69) is 14.7 Å². The molecular formula is C16H17F3N4O2. The van der Waals surface area contributed by atoms with Crippen LogP contribution < -0.4 is 10.5 Å². The molecule has 2 aromatic rings. The third kappa shape index (κ3) is 2.92. The number of alkyl halides is 3. The largest absolute Gasteiger partial charge is 0.573 e. The highest BCUT2D eigenvalue weighted by Gasteiger charge is 2.37. The molecule has 2 N–H and O–H groups in total. The van der Waals surface area contributed by atoms with Crippen molar-refractivity contribution in [1.82, 2.24) is 14.7 Å². The molecule has 5 rings (SSSR count). The van der Waals surface area contributed by atoms with Gasteiger partial charge in [0.15, 0.2) is 5.69 Å². The second-order valence-electron chi connectivity index (χ2n) is 6.59. The number of piperidine rings is 3. The number of hydrogen-bond acceptors (Lipinski definition) is 4. The van der Waals surface area contributed by atoms with Crippen molar-refractivity contribution in [2.75, 3.05) is 19.6 Å². The standard InChI is InChI=1S/C16H17F3N4O2/c17-16(18,19)25-10-1-2-12-11(7-10)14(15(20)24)21-23(12)13-8-22-5-3-9(13)4-6-22/h1-2,7,9,13H,3-6,8H2,(H2,20,24)/t13-/m0/s1. The second-order valence-corrected chi connectivity index (χ2v) is 6.59. The molecule has 1 aromatic heterocycles. The molecule has 1 amide bonds. The summed E-state index contributed by atoms with van der Waals surface area (Å²) in [4.78, 5) is 14.1. The summed E-state index contributed by atoms with van der Waals surface area (Å²) in [5.74, 6) is -0.718. The first-order valence-corrected chi connectivity index (χ1v) is 8.12. The highest BCUT2D eigenvalue weighted by atomic mass is 19.4. The fourth-order valence-electron chi connectivity index (χ4n) is 3.96. The van der Waals surface area contributed by atoms with E-state index in [1.165, 1.54) is 18.2 Å². The summed E-state index contributed by atoms with van der Waals surface area (Å²) in [5, 5.41) is 4.63. The zero-order chi connectivity index (χ0) is 17.8. The third-order valence-electron chi connectivity index (χ3n) is 5.08. The molecular weight excluding hydrogens is 337 g/mol. The minimum absolute atomic E-state index is 0.0286. The van der Waals surface area contributed by atoms with Gasteiger partial charge in [-0.05, 0) is 50.0 Å². The van der Waals surface area contributed by atoms with Gasteiger partial charge in [0.2, 0.25) is 0 Å². The molecule has 3 fully saturated rings. The van der Waals surface area contributed by atoms with E-state index in [0.29, 0.717) is 11.4 Å². The number of nitrogens with zero attached hydrogens (tertiary/aromatic N) is 3. The van der Waals surface area contributed by atoms with Crippen LogP contribution in [0.15, 0.2) is 18.2 Å². The van der Waals surface area contributed by atoms with Gasteiger partial charge in [-0.1, -0.05) is 0 Å². The lowest BCUT2D eigenvalue weighted by molar-refractivity contribution is -0.274. The molecule has 1 atom stereocenters. The van der Waals surface area contributed by atoms with Crippen LogP contribution in [0.5, 0.6) is 5.75 Å². The predicted molar refractivity (Wildman–Crippen MR) is 83.1 cm³/mol. The van der Waals surface area contributed by atoms with Crippen molar-refractivity contribution in [3.63, 3.8) is 0 Å². The van der Waals surface area contributed by atoms with E-state index in [1.54, 1.807) is 4.68 Å². The topological polar surface area (TPSA) is 73.4 Å². The Kier molecular flexibility index (Phi) is 3.64. The first kappa shape index (κ1) is 16.2. The van der Waals surface area contributed by atoms with Crippen LogP contribution in [-0.4, -0.2) is 46.6 Å². The summed E-state index contributed by atoms with van der Waals surface area (Å²) in [6.45, 7) is 2.92. The lowest BCUT2D eigenvalue weighted by Gasteiger charge is -2.44. The van der Waals surface area contributed by atoms with Gasteiger partial charge >= 0.3 is 6.36 Å². The van der Waals surface area contributed by atoms with Crippen LogP contribution in [0.1, 0.15) is 29.4 Å². The van der Waals surface area contributed by atoms with Gasteiger partial charge < -0.3 is 15.4 Å². The Balaban J connectivity index is 1.79. The third-order valence-corrected chi connectivity index (χ3v) is 5.08. The Morgan fingerprint density at radius 3 is 2.56 bits per heavy atom. The number of primary amides is 1. The number of ether oxygens (including phenoxy) is 1. The Labute approximate surface area is 141 Å². The van der Waals surface area contributed by atoms with Gasteiger partial charge in [-0.3, -0.25) is 9.48 Å². The molecule has 2 bridgehead atoms. The Morgan fingerprint density at radius 2 is 2.00 bits per heavy atom. The van der Waals surface area contributed by atoms with Crippen LogP contribution in [0.3, 0.4) is 0 Å². The Bertz CT molecular complexity index is 825. The molecule has 0 aliphatic carbocycles. The van der Waals surface area contributed by atoms with E-state index in [9.17, 15) is 18.0 Å². The molecule has 0 spiro atoms. The summed E-state index contributed by atoms with van der Waals surface area (Å²) in [7, 11) is 0. The monoisotopic (exact) mass is 354 g/mol. The zero-order valence-corrected chi connectivity index (χ0v) is 13.3. The van der Waals surface area contributed by atoms with Crippen molar-refractivity contribution in [2.24, 2.45) is 11.7 Å². The van der Waals surface area contributed by atoms with E-state index >= 15 is 0 Å². The molecule has 9 heteroatoms. The highest BCUT2D eigenvalue weighted by Crippen LogP contribution is 2.38. The maximum Gasteiger partial charge on any atom is 0.573 e. The molecule has 4 heterocycles. The Morgan fingerprint density at radius 1 is 1.28 bits per heavy atom. The molecule has 1 aromatic carbocycles. The minimum atomic E-state index is -4.80. The Hall–Kier alpha value is -2.29. The first-order valence-electron chi connectivity index (χ1n) is 8.12. The van der Waals surface area contributed by atoms with Gasteiger partial charge in [-0.15, -0.1) is 13.2 Å². The van der Waals surface area contributed by atoms with Crippen molar-refractivity contribution in [2.45, 2.75) is 25.2 Å². The number of hydrogen-bond donors (Lipinski definition) is 1. The van der Waals surface area contributed by atoms with E-state index in [1.807, 2.05) is 0 Å². The van der Waals surface area contributed by atoms with E-state index in [4.69, 9.17) is 5.73 Å². The lowest BCUT2D eigenvalue weighted by atomic mass is 9.84. The van der Waals surface area contributed by atoms with Crippen molar-refractivity contribution in [3.8, 4) is 5.75 Å². The number of halogens is 3. The summed E-state index contributed by atoms with van der Waals surface area (Å²) in [6.07, 6.45) is -2.70. The van der Waals surface area contributed by atoms with Crippen LogP contribution in [0, 0.1) is 5.92 Å². The lowest BCUT2D eigenvalue weighted by Crippen LogP contribution is -2.48. The maximum absolute atomic E-state index is 12.5. The molecule has 6 nitrogen and oxygen atoms in total. The van der Waals surface area contributed by atoms with Gasteiger partial charge in [0.1, 0.15) is 5.75 Å². The first-order chi connectivity index (χ1) is 11.8. The number of rotatable bonds is 3. The smallest absolute Gasteiger partial charge is 0.406 e. The molecule has 0 saturated carbocycles. The summed E-state index contributed by atoms with van der Waals surface area (Å²) in [6, 6.07) is 4.01. The fourth-order valence-corrected chi connectivity index (χ4v) is 3.96. The average Bonchev–Trinajstić information content (AvgIpc) is 2.93. The summed E-state index contributed by atoms with van der Waals surface area (Å²) >= 11 is 0. The van der Waals surface area contributed by atoms with Crippen LogP contribution in [0.4, 0.5) is 13.2 Å². The average molecular weight is 354 g/mol. The molecule has 134 valence electrons. The van der Waals surface area contributed by atoms with Gasteiger partial charge in [0.25, 0.3) is 5.91 Å². The summed E-state index contributed by atoms with van der Waals surface area (Å²) in [5.41, 5.74) is 5.96. The number of carbonyl (C=O) groups excluding carboxylic acids is 1. The highest BCUT2D eigenvalue weighted by molar-refractivity contribution is 6.04. The molecule has 25 heavy (non-hydrogen) atoms. The van der Waals surface area contributed by atoms with Crippen LogP contribution >= 0.6 is 0 Å². The van der Waals surface area contributed by atoms with Crippen molar-refractivity contribution in [3.05, 3.63) is 23.9 Å². The van der Waals surface area contributed by atoms with Gasteiger partial charge in [-0.25, -0.2) is 0 Å². The van der Waals surface area contributed by atoms with Crippen LogP contribution in [-0.2, 0) is 0 Å². The van der Waals surface area contributed by atoms with Crippen molar-refractivity contribution < 1.29 is 22.7 Å². The molecule has 3 aliphatic rings.